The first-order chi connectivity index (χ1) is 10.2. The summed E-state index contributed by atoms with van der Waals surface area (Å²) >= 11 is 0. The first-order valence-electron chi connectivity index (χ1n) is 7.15. The van der Waals surface area contributed by atoms with Crippen molar-refractivity contribution in [3.63, 3.8) is 0 Å². The van der Waals surface area contributed by atoms with Crippen LogP contribution in [0.4, 0.5) is 17.1 Å². The number of hydrogen-bond acceptors (Lipinski definition) is 3. The minimum absolute atomic E-state index is 0.0863. The van der Waals surface area contributed by atoms with Crippen LogP contribution in [-0.2, 0) is 0 Å². The first kappa shape index (κ1) is 13.5. The third-order valence-electron chi connectivity index (χ3n) is 3.90. The summed E-state index contributed by atoms with van der Waals surface area (Å²) in [5.74, 6) is -0.0863. The lowest BCUT2D eigenvalue weighted by atomic mass is 10.1. The monoisotopic (exact) mass is 281 g/mol. The third-order valence-corrected chi connectivity index (χ3v) is 3.90. The minimum atomic E-state index is -0.0863. The summed E-state index contributed by atoms with van der Waals surface area (Å²) < 4.78 is 0. The number of anilines is 3. The molecule has 4 heteroatoms. The molecule has 1 amide bonds. The van der Waals surface area contributed by atoms with E-state index in [1.54, 1.807) is 0 Å². The maximum Gasteiger partial charge on any atom is 0.257 e. The Balaban J connectivity index is 1.91. The van der Waals surface area contributed by atoms with Gasteiger partial charge in [0.15, 0.2) is 0 Å². The molecule has 1 aliphatic heterocycles. The maximum absolute atomic E-state index is 12.6. The summed E-state index contributed by atoms with van der Waals surface area (Å²) in [6.45, 7) is 5.75. The lowest BCUT2D eigenvalue weighted by Crippen LogP contribution is -2.24. The Kier molecular flexibility index (Phi) is 3.52. The average molecular weight is 281 g/mol. The molecule has 0 bridgehead atoms. The SMILES string of the molecule is Cc1cccc(NC(=O)c2cccc3c2NCCN3)c1C. The van der Waals surface area contributed by atoms with Crippen molar-refractivity contribution in [3.05, 3.63) is 53.1 Å². The summed E-state index contributed by atoms with van der Waals surface area (Å²) in [5.41, 5.74) is 5.66. The van der Waals surface area contributed by atoms with Crippen LogP contribution in [0.25, 0.3) is 0 Å². The number of nitrogens with one attached hydrogen (secondary N) is 3. The van der Waals surface area contributed by atoms with Gasteiger partial charge in [0.2, 0.25) is 0 Å². The van der Waals surface area contributed by atoms with Crippen molar-refractivity contribution >= 4 is 23.0 Å². The summed E-state index contributed by atoms with van der Waals surface area (Å²) in [4.78, 5) is 12.6. The van der Waals surface area contributed by atoms with E-state index in [-0.39, 0.29) is 5.91 Å². The van der Waals surface area contributed by atoms with E-state index in [2.05, 4.69) is 16.0 Å². The van der Waals surface area contributed by atoms with Crippen LogP contribution in [0.1, 0.15) is 21.5 Å². The van der Waals surface area contributed by atoms with Gasteiger partial charge in [-0.25, -0.2) is 0 Å². The predicted octanol–water partition coefficient (Wildman–Crippen LogP) is 3.39. The molecule has 0 atom stereocenters. The molecule has 0 aromatic heterocycles. The van der Waals surface area contributed by atoms with Gasteiger partial charge in [-0.15, -0.1) is 0 Å². The second-order valence-electron chi connectivity index (χ2n) is 5.28. The number of carbonyl (C=O) groups is 1. The molecule has 0 fully saturated rings. The highest BCUT2D eigenvalue weighted by Gasteiger charge is 2.17. The van der Waals surface area contributed by atoms with Crippen LogP contribution in [0.5, 0.6) is 0 Å². The zero-order valence-corrected chi connectivity index (χ0v) is 12.3. The summed E-state index contributed by atoms with van der Waals surface area (Å²) in [6, 6.07) is 11.7. The Hall–Kier alpha value is -2.49. The van der Waals surface area contributed by atoms with Gasteiger partial charge in [0, 0.05) is 18.8 Å². The van der Waals surface area contributed by atoms with Gasteiger partial charge in [-0.1, -0.05) is 18.2 Å². The van der Waals surface area contributed by atoms with Gasteiger partial charge < -0.3 is 16.0 Å². The van der Waals surface area contributed by atoms with E-state index < -0.39 is 0 Å². The van der Waals surface area contributed by atoms with Crippen LogP contribution in [0.2, 0.25) is 0 Å². The Bertz CT molecular complexity index is 694. The van der Waals surface area contributed by atoms with Gasteiger partial charge in [0.05, 0.1) is 16.9 Å². The standard InChI is InChI=1S/C17H19N3O/c1-11-5-3-7-14(12(11)2)20-17(21)13-6-4-8-15-16(13)19-10-9-18-15/h3-8,18-19H,9-10H2,1-2H3,(H,20,21). The summed E-state index contributed by atoms with van der Waals surface area (Å²) in [5, 5.41) is 9.61. The Labute approximate surface area is 124 Å². The number of fused-ring (bicyclic) bond motifs is 1. The Morgan fingerprint density at radius 2 is 1.81 bits per heavy atom. The largest absolute Gasteiger partial charge is 0.382 e. The molecular formula is C17H19N3O. The molecule has 2 aromatic rings. The van der Waals surface area contributed by atoms with E-state index in [0.29, 0.717) is 5.56 Å². The Morgan fingerprint density at radius 1 is 1.05 bits per heavy atom. The number of para-hydroxylation sites is 1. The van der Waals surface area contributed by atoms with E-state index in [4.69, 9.17) is 0 Å². The molecule has 1 aliphatic rings. The molecule has 0 saturated carbocycles. The van der Waals surface area contributed by atoms with Crippen molar-refractivity contribution in [2.45, 2.75) is 13.8 Å². The fourth-order valence-electron chi connectivity index (χ4n) is 2.54. The number of aryl methyl sites for hydroxylation is 1. The first-order valence-corrected chi connectivity index (χ1v) is 7.15. The fraction of sp³-hybridized carbons (Fsp3) is 0.235. The molecule has 0 unspecified atom stereocenters. The topological polar surface area (TPSA) is 53.2 Å². The van der Waals surface area contributed by atoms with Crippen molar-refractivity contribution in [2.75, 3.05) is 29.0 Å². The van der Waals surface area contributed by atoms with E-state index >= 15 is 0 Å². The predicted molar refractivity (Wildman–Crippen MR) is 87.3 cm³/mol. The van der Waals surface area contributed by atoms with Crippen LogP contribution in [0.15, 0.2) is 36.4 Å². The van der Waals surface area contributed by atoms with Crippen LogP contribution < -0.4 is 16.0 Å². The second kappa shape index (κ2) is 5.48. The molecule has 0 aliphatic carbocycles. The highest BCUT2D eigenvalue weighted by molar-refractivity contribution is 6.10. The van der Waals surface area contributed by atoms with Gasteiger partial charge in [-0.05, 0) is 43.2 Å². The minimum Gasteiger partial charge on any atom is -0.382 e. The highest BCUT2D eigenvalue weighted by atomic mass is 16.1. The Morgan fingerprint density at radius 3 is 2.67 bits per heavy atom. The number of amides is 1. The molecule has 1 heterocycles. The molecule has 2 aromatic carbocycles. The van der Waals surface area contributed by atoms with Crippen LogP contribution in [-0.4, -0.2) is 19.0 Å². The molecule has 4 nitrogen and oxygen atoms in total. The van der Waals surface area contributed by atoms with Crippen molar-refractivity contribution < 1.29 is 4.79 Å². The number of hydrogen-bond donors (Lipinski definition) is 3. The van der Waals surface area contributed by atoms with Gasteiger partial charge in [-0.3, -0.25) is 4.79 Å². The van der Waals surface area contributed by atoms with E-state index in [1.165, 1.54) is 5.56 Å². The zero-order chi connectivity index (χ0) is 14.8. The molecule has 0 spiro atoms. The van der Waals surface area contributed by atoms with Crippen molar-refractivity contribution in [3.8, 4) is 0 Å². The molecule has 0 radical (unpaired) electrons. The van der Waals surface area contributed by atoms with E-state index in [1.807, 2.05) is 50.2 Å². The number of benzene rings is 2. The smallest absolute Gasteiger partial charge is 0.257 e. The van der Waals surface area contributed by atoms with Crippen molar-refractivity contribution in [2.24, 2.45) is 0 Å². The van der Waals surface area contributed by atoms with Crippen molar-refractivity contribution in [1.82, 2.24) is 0 Å². The lowest BCUT2D eigenvalue weighted by Gasteiger charge is -2.22. The normalized spacial score (nSPS) is 12.9. The van der Waals surface area contributed by atoms with Gasteiger partial charge in [0.25, 0.3) is 5.91 Å². The summed E-state index contributed by atoms with van der Waals surface area (Å²) in [6.07, 6.45) is 0. The molecule has 108 valence electrons. The average Bonchev–Trinajstić information content (AvgIpc) is 2.51. The van der Waals surface area contributed by atoms with Crippen LogP contribution in [0.3, 0.4) is 0 Å². The van der Waals surface area contributed by atoms with E-state index in [9.17, 15) is 4.79 Å². The van der Waals surface area contributed by atoms with Gasteiger partial charge in [0.1, 0.15) is 0 Å². The summed E-state index contributed by atoms with van der Waals surface area (Å²) in [7, 11) is 0. The molecule has 21 heavy (non-hydrogen) atoms. The molecule has 0 saturated heterocycles. The van der Waals surface area contributed by atoms with Crippen molar-refractivity contribution in [1.29, 1.82) is 0 Å². The molecular weight excluding hydrogens is 262 g/mol. The number of rotatable bonds is 2. The fourth-order valence-corrected chi connectivity index (χ4v) is 2.54. The molecule has 3 rings (SSSR count). The van der Waals surface area contributed by atoms with Crippen LogP contribution in [0, 0.1) is 13.8 Å². The zero-order valence-electron chi connectivity index (χ0n) is 12.3. The van der Waals surface area contributed by atoms with E-state index in [0.717, 1.165) is 35.7 Å². The van der Waals surface area contributed by atoms with Gasteiger partial charge in [-0.2, -0.15) is 0 Å². The third kappa shape index (κ3) is 2.57. The van der Waals surface area contributed by atoms with Gasteiger partial charge >= 0.3 is 0 Å². The second-order valence-corrected chi connectivity index (χ2v) is 5.28. The maximum atomic E-state index is 12.6. The molecule has 3 N–H and O–H groups in total. The number of carbonyl (C=O) groups excluding carboxylic acids is 1. The van der Waals surface area contributed by atoms with Crippen LogP contribution >= 0.6 is 0 Å². The highest BCUT2D eigenvalue weighted by Crippen LogP contribution is 2.29. The lowest BCUT2D eigenvalue weighted by molar-refractivity contribution is 0.102. The quantitative estimate of drug-likeness (QED) is 0.791.